The van der Waals surface area contributed by atoms with E-state index in [9.17, 15) is 17.6 Å². The van der Waals surface area contributed by atoms with E-state index >= 15 is 0 Å². The minimum absolute atomic E-state index is 0.0652. The Labute approximate surface area is 134 Å². The van der Waals surface area contributed by atoms with Crippen molar-refractivity contribution >= 4 is 21.6 Å². The number of anilines is 1. The van der Waals surface area contributed by atoms with Crippen LogP contribution >= 0.6 is 0 Å². The van der Waals surface area contributed by atoms with E-state index in [1.165, 1.54) is 44.4 Å². The van der Waals surface area contributed by atoms with E-state index in [0.717, 1.165) is 10.4 Å². The van der Waals surface area contributed by atoms with Gasteiger partial charge in [0.05, 0.1) is 4.90 Å². The molecule has 0 aliphatic carbocycles. The molecule has 0 radical (unpaired) electrons. The molecule has 2 rings (SSSR count). The lowest BCUT2D eigenvalue weighted by Gasteiger charge is -2.12. The van der Waals surface area contributed by atoms with Gasteiger partial charge >= 0.3 is 0 Å². The van der Waals surface area contributed by atoms with E-state index in [1.54, 1.807) is 13.0 Å². The summed E-state index contributed by atoms with van der Waals surface area (Å²) in [5.74, 6) is -0.982. The van der Waals surface area contributed by atoms with Gasteiger partial charge in [-0.3, -0.25) is 4.79 Å². The van der Waals surface area contributed by atoms with Crippen LogP contribution in [0.25, 0.3) is 0 Å². The number of halogens is 1. The molecule has 1 amide bonds. The molecule has 7 heteroatoms. The van der Waals surface area contributed by atoms with Gasteiger partial charge in [0.25, 0.3) is 5.91 Å². The quantitative estimate of drug-likeness (QED) is 0.933. The monoisotopic (exact) mass is 336 g/mol. The lowest BCUT2D eigenvalue weighted by atomic mass is 10.1. The van der Waals surface area contributed by atoms with Crippen LogP contribution < -0.4 is 5.32 Å². The predicted octanol–water partition coefficient (Wildman–Crippen LogP) is 2.64. The van der Waals surface area contributed by atoms with Crippen LogP contribution in [-0.2, 0) is 10.0 Å². The van der Waals surface area contributed by atoms with Gasteiger partial charge in [-0.05, 0) is 42.8 Å². The van der Waals surface area contributed by atoms with Gasteiger partial charge in [-0.2, -0.15) is 0 Å². The molecular weight excluding hydrogens is 319 g/mol. The molecule has 5 nitrogen and oxygen atoms in total. The fourth-order valence-corrected chi connectivity index (χ4v) is 2.83. The zero-order valence-corrected chi connectivity index (χ0v) is 13.8. The van der Waals surface area contributed by atoms with Gasteiger partial charge in [-0.1, -0.05) is 12.1 Å². The zero-order valence-electron chi connectivity index (χ0n) is 13.0. The van der Waals surface area contributed by atoms with Gasteiger partial charge in [-0.15, -0.1) is 0 Å². The predicted molar refractivity (Wildman–Crippen MR) is 86.4 cm³/mol. The van der Waals surface area contributed by atoms with E-state index in [4.69, 9.17) is 0 Å². The third kappa shape index (κ3) is 3.75. The minimum Gasteiger partial charge on any atom is -0.322 e. The van der Waals surface area contributed by atoms with Gasteiger partial charge in [0.2, 0.25) is 10.0 Å². The van der Waals surface area contributed by atoms with Gasteiger partial charge in [0, 0.05) is 25.3 Å². The van der Waals surface area contributed by atoms with Crippen molar-refractivity contribution in [1.29, 1.82) is 0 Å². The summed E-state index contributed by atoms with van der Waals surface area (Å²) in [6.45, 7) is 1.60. The van der Waals surface area contributed by atoms with Crippen LogP contribution in [0.2, 0.25) is 0 Å². The van der Waals surface area contributed by atoms with Gasteiger partial charge in [-0.25, -0.2) is 17.1 Å². The lowest BCUT2D eigenvalue weighted by Crippen LogP contribution is -2.22. The molecule has 0 unspecified atom stereocenters. The lowest BCUT2D eigenvalue weighted by molar-refractivity contribution is 0.102. The minimum atomic E-state index is -3.59. The Morgan fingerprint density at radius 2 is 1.83 bits per heavy atom. The van der Waals surface area contributed by atoms with E-state index in [1.807, 2.05) is 0 Å². The maximum Gasteiger partial charge on any atom is 0.255 e. The number of carbonyl (C=O) groups is 1. The molecule has 2 aromatic carbocycles. The van der Waals surface area contributed by atoms with E-state index in [2.05, 4.69) is 5.32 Å². The third-order valence-corrected chi connectivity index (χ3v) is 5.12. The van der Waals surface area contributed by atoms with Crippen molar-refractivity contribution in [2.45, 2.75) is 11.8 Å². The summed E-state index contributed by atoms with van der Waals surface area (Å²) in [4.78, 5) is 12.2. The molecule has 0 aliphatic heterocycles. The average molecular weight is 336 g/mol. The number of carbonyl (C=O) groups excluding carboxylic acids is 1. The second kappa shape index (κ2) is 6.47. The Kier molecular flexibility index (Phi) is 4.82. The second-order valence-corrected chi connectivity index (χ2v) is 7.39. The highest BCUT2D eigenvalue weighted by Gasteiger charge is 2.18. The van der Waals surface area contributed by atoms with Crippen LogP contribution in [0, 0.1) is 12.7 Å². The molecule has 0 fully saturated rings. The number of amides is 1. The molecule has 0 bridgehead atoms. The Morgan fingerprint density at radius 3 is 2.43 bits per heavy atom. The van der Waals surface area contributed by atoms with Crippen molar-refractivity contribution < 1.29 is 17.6 Å². The summed E-state index contributed by atoms with van der Waals surface area (Å²) in [5.41, 5.74) is 0.925. The molecule has 2 aromatic rings. The van der Waals surface area contributed by atoms with Crippen LogP contribution in [0.1, 0.15) is 15.9 Å². The van der Waals surface area contributed by atoms with Crippen molar-refractivity contribution in [3.63, 3.8) is 0 Å². The van der Waals surface area contributed by atoms with E-state index < -0.39 is 21.7 Å². The topological polar surface area (TPSA) is 66.5 Å². The van der Waals surface area contributed by atoms with Crippen LogP contribution in [0.4, 0.5) is 10.1 Å². The Balaban J connectivity index is 2.27. The van der Waals surface area contributed by atoms with E-state index in [0.29, 0.717) is 11.3 Å². The molecule has 0 heterocycles. The highest BCUT2D eigenvalue weighted by Crippen LogP contribution is 2.19. The first-order valence-corrected chi connectivity index (χ1v) is 8.26. The van der Waals surface area contributed by atoms with Crippen LogP contribution in [0.3, 0.4) is 0 Å². The summed E-state index contributed by atoms with van der Waals surface area (Å²) >= 11 is 0. The number of hydrogen-bond donors (Lipinski definition) is 1. The van der Waals surface area contributed by atoms with Crippen LogP contribution in [-0.4, -0.2) is 32.7 Å². The standard InChI is InChI=1S/C16H17FN2O3S/c1-11-7-8-12(9-15(11)17)16(20)18-13-5-4-6-14(10-13)23(21,22)19(2)3/h4-10H,1-3H3,(H,18,20). The van der Waals surface area contributed by atoms with Crippen molar-refractivity contribution in [1.82, 2.24) is 4.31 Å². The summed E-state index contributed by atoms with van der Waals surface area (Å²) < 4.78 is 38.8. The van der Waals surface area contributed by atoms with Crippen LogP contribution in [0.5, 0.6) is 0 Å². The summed E-state index contributed by atoms with van der Waals surface area (Å²) in [6, 6.07) is 10.1. The zero-order chi connectivity index (χ0) is 17.2. The number of rotatable bonds is 4. The third-order valence-electron chi connectivity index (χ3n) is 3.30. The second-order valence-electron chi connectivity index (χ2n) is 5.23. The molecule has 23 heavy (non-hydrogen) atoms. The largest absolute Gasteiger partial charge is 0.322 e. The SMILES string of the molecule is Cc1ccc(C(=O)Nc2cccc(S(=O)(=O)N(C)C)c2)cc1F. The fraction of sp³-hybridized carbons (Fsp3) is 0.188. The van der Waals surface area contributed by atoms with E-state index in [-0.39, 0.29) is 10.5 Å². The van der Waals surface area contributed by atoms with Crippen molar-refractivity contribution in [3.8, 4) is 0 Å². The highest BCUT2D eigenvalue weighted by atomic mass is 32.2. The number of hydrogen-bond acceptors (Lipinski definition) is 3. The Hall–Kier alpha value is -2.25. The van der Waals surface area contributed by atoms with Gasteiger partial charge in [0.15, 0.2) is 0 Å². The molecule has 0 saturated heterocycles. The first-order valence-electron chi connectivity index (χ1n) is 6.82. The molecule has 1 N–H and O–H groups in total. The number of aryl methyl sites for hydroxylation is 1. The summed E-state index contributed by atoms with van der Waals surface area (Å²) in [5, 5.41) is 2.57. The maximum atomic E-state index is 13.5. The van der Waals surface area contributed by atoms with Crippen LogP contribution in [0.15, 0.2) is 47.4 Å². The molecule has 0 saturated carbocycles. The molecule has 0 spiro atoms. The van der Waals surface area contributed by atoms with Crippen molar-refractivity contribution in [3.05, 3.63) is 59.4 Å². The summed E-state index contributed by atoms with van der Waals surface area (Å²) in [6.07, 6.45) is 0. The fourth-order valence-electron chi connectivity index (χ4n) is 1.88. The molecule has 0 aromatic heterocycles. The highest BCUT2D eigenvalue weighted by molar-refractivity contribution is 7.89. The maximum absolute atomic E-state index is 13.5. The smallest absolute Gasteiger partial charge is 0.255 e. The number of benzene rings is 2. The van der Waals surface area contributed by atoms with Gasteiger partial charge < -0.3 is 5.32 Å². The molecule has 122 valence electrons. The average Bonchev–Trinajstić information content (AvgIpc) is 2.50. The first-order chi connectivity index (χ1) is 10.7. The van der Waals surface area contributed by atoms with Gasteiger partial charge in [0.1, 0.15) is 5.82 Å². The Morgan fingerprint density at radius 1 is 1.13 bits per heavy atom. The Bertz CT molecular complexity index is 848. The molecule has 0 aliphatic rings. The first kappa shape index (κ1) is 17.1. The van der Waals surface area contributed by atoms with Crippen molar-refractivity contribution in [2.75, 3.05) is 19.4 Å². The molecular formula is C16H17FN2O3S. The number of nitrogens with zero attached hydrogens (tertiary/aromatic N) is 1. The molecule has 0 atom stereocenters. The summed E-state index contributed by atoms with van der Waals surface area (Å²) in [7, 11) is -0.738. The number of nitrogens with one attached hydrogen (secondary N) is 1. The van der Waals surface area contributed by atoms with Crippen molar-refractivity contribution in [2.24, 2.45) is 0 Å². The number of sulfonamides is 1. The normalized spacial score (nSPS) is 11.5.